The van der Waals surface area contributed by atoms with Gasteiger partial charge in [0.15, 0.2) is 0 Å². The summed E-state index contributed by atoms with van der Waals surface area (Å²) in [6.45, 7) is 0.853. The summed E-state index contributed by atoms with van der Waals surface area (Å²) in [5.41, 5.74) is 1.21. The first-order valence-electron chi connectivity index (χ1n) is 4.98. The first-order chi connectivity index (χ1) is 7.72. The van der Waals surface area contributed by atoms with E-state index < -0.39 is 0 Å². The van der Waals surface area contributed by atoms with E-state index >= 15 is 0 Å². The van der Waals surface area contributed by atoms with Gasteiger partial charge in [-0.1, -0.05) is 0 Å². The molecule has 1 fully saturated rings. The molecule has 2 heterocycles. The molecule has 0 saturated carbocycles. The van der Waals surface area contributed by atoms with Gasteiger partial charge in [-0.2, -0.15) is 0 Å². The third-order valence-electron chi connectivity index (χ3n) is 2.49. The molecule has 0 N–H and O–H groups in total. The largest absolute Gasteiger partial charge is 0.375 e. The van der Waals surface area contributed by atoms with Crippen LogP contribution in [0.25, 0.3) is 0 Å². The molecule has 0 aliphatic carbocycles. The second-order valence-corrected chi connectivity index (χ2v) is 8.32. The second-order valence-electron chi connectivity index (χ2n) is 3.53. The topological polar surface area (TPSA) is 18.5 Å². The van der Waals surface area contributed by atoms with Crippen LogP contribution < -0.4 is 0 Å². The molecule has 2 unspecified atom stereocenters. The summed E-state index contributed by atoms with van der Waals surface area (Å²) >= 11 is 10.3. The molecule has 0 bridgehead atoms. The lowest BCUT2D eigenvalue weighted by molar-refractivity contribution is 0.0913. The van der Waals surface area contributed by atoms with E-state index in [9.17, 15) is 0 Å². The van der Waals surface area contributed by atoms with Crippen molar-refractivity contribution < 1.29 is 8.92 Å². The quantitative estimate of drug-likeness (QED) is 0.694. The fourth-order valence-corrected chi connectivity index (χ4v) is 5.66. The fourth-order valence-electron chi connectivity index (χ4n) is 1.75. The number of rotatable bonds is 3. The SMILES string of the molecule is COC(c1cc(Br)sc1Br)C1CCCOS1. The minimum atomic E-state index is 0.0993. The van der Waals surface area contributed by atoms with Crippen molar-refractivity contribution in [3.8, 4) is 0 Å². The van der Waals surface area contributed by atoms with E-state index in [1.165, 1.54) is 5.56 Å². The van der Waals surface area contributed by atoms with Gasteiger partial charge in [-0.3, -0.25) is 0 Å². The van der Waals surface area contributed by atoms with Crippen LogP contribution in [0.5, 0.6) is 0 Å². The van der Waals surface area contributed by atoms with Gasteiger partial charge in [0.2, 0.25) is 0 Å². The molecule has 90 valence electrons. The maximum Gasteiger partial charge on any atom is 0.0981 e. The van der Waals surface area contributed by atoms with Gasteiger partial charge >= 0.3 is 0 Å². The zero-order chi connectivity index (χ0) is 11.5. The summed E-state index contributed by atoms with van der Waals surface area (Å²) in [4.78, 5) is 0. The maximum absolute atomic E-state index is 5.62. The average Bonchev–Trinajstić information content (AvgIpc) is 2.61. The van der Waals surface area contributed by atoms with E-state index in [1.54, 1.807) is 30.5 Å². The van der Waals surface area contributed by atoms with Crippen molar-refractivity contribution in [2.24, 2.45) is 0 Å². The Morgan fingerprint density at radius 1 is 1.56 bits per heavy atom. The Kier molecular flexibility index (Phi) is 5.18. The van der Waals surface area contributed by atoms with Crippen molar-refractivity contribution in [1.29, 1.82) is 0 Å². The number of methoxy groups -OCH3 is 1. The lowest BCUT2D eigenvalue weighted by Gasteiger charge is -2.27. The van der Waals surface area contributed by atoms with E-state index in [2.05, 4.69) is 37.9 Å². The minimum absolute atomic E-state index is 0.0993. The van der Waals surface area contributed by atoms with Gasteiger partial charge in [0.25, 0.3) is 0 Å². The van der Waals surface area contributed by atoms with Crippen LogP contribution in [-0.4, -0.2) is 19.0 Å². The Morgan fingerprint density at radius 3 is 2.88 bits per heavy atom. The molecule has 1 aliphatic heterocycles. The Morgan fingerprint density at radius 2 is 2.38 bits per heavy atom. The Balaban J connectivity index is 2.17. The third-order valence-corrected chi connectivity index (χ3v) is 5.91. The summed E-state index contributed by atoms with van der Waals surface area (Å²) in [6.07, 6.45) is 2.35. The first kappa shape index (κ1) is 13.4. The average molecular weight is 388 g/mol. The molecule has 1 aliphatic rings. The van der Waals surface area contributed by atoms with Gasteiger partial charge in [-0.25, -0.2) is 0 Å². The second kappa shape index (κ2) is 6.20. The summed E-state index contributed by atoms with van der Waals surface area (Å²) in [7, 11) is 1.76. The van der Waals surface area contributed by atoms with Gasteiger partial charge in [0.05, 0.1) is 25.5 Å². The molecule has 0 aromatic carbocycles. The fraction of sp³-hybridized carbons (Fsp3) is 0.600. The van der Waals surface area contributed by atoms with E-state index in [1.807, 2.05) is 0 Å². The van der Waals surface area contributed by atoms with E-state index in [4.69, 9.17) is 8.92 Å². The van der Waals surface area contributed by atoms with Gasteiger partial charge in [0.1, 0.15) is 0 Å². The smallest absolute Gasteiger partial charge is 0.0981 e. The summed E-state index contributed by atoms with van der Waals surface area (Å²) in [5.74, 6) is 0. The zero-order valence-electron chi connectivity index (χ0n) is 8.74. The molecule has 1 saturated heterocycles. The van der Waals surface area contributed by atoms with Crippen molar-refractivity contribution in [2.45, 2.75) is 24.2 Å². The van der Waals surface area contributed by atoms with Crippen LogP contribution in [0.1, 0.15) is 24.5 Å². The van der Waals surface area contributed by atoms with Gasteiger partial charge in [-0.15, -0.1) is 11.3 Å². The van der Waals surface area contributed by atoms with Gasteiger partial charge < -0.3 is 8.92 Å². The maximum atomic E-state index is 5.62. The van der Waals surface area contributed by atoms with Crippen molar-refractivity contribution in [3.63, 3.8) is 0 Å². The number of hydrogen-bond donors (Lipinski definition) is 0. The van der Waals surface area contributed by atoms with Crippen LogP contribution in [0.4, 0.5) is 0 Å². The molecule has 2 rings (SSSR count). The molecule has 1 aromatic rings. The highest BCUT2D eigenvalue weighted by molar-refractivity contribution is 9.12. The Bertz CT molecular complexity index is 351. The molecule has 0 spiro atoms. The summed E-state index contributed by atoms with van der Waals surface area (Å²) in [5, 5.41) is 0.386. The van der Waals surface area contributed by atoms with Crippen LogP contribution in [0.15, 0.2) is 13.6 Å². The highest BCUT2D eigenvalue weighted by Gasteiger charge is 2.29. The van der Waals surface area contributed by atoms with Crippen LogP contribution >= 0.6 is 55.2 Å². The molecule has 2 atom stereocenters. The van der Waals surface area contributed by atoms with Crippen molar-refractivity contribution in [1.82, 2.24) is 0 Å². The highest BCUT2D eigenvalue weighted by atomic mass is 79.9. The lowest BCUT2D eigenvalue weighted by atomic mass is 10.1. The number of ether oxygens (including phenoxy) is 1. The van der Waals surface area contributed by atoms with Crippen molar-refractivity contribution in [3.05, 3.63) is 19.2 Å². The van der Waals surface area contributed by atoms with Crippen molar-refractivity contribution in [2.75, 3.05) is 13.7 Å². The van der Waals surface area contributed by atoms with E-state index in [0.717, 1.165) is 27.0 Å². The monoisotopic (exact) mass is 386 g/mol. The van der Waals surface area contributed by atoms with Crippen LogP contribution in [0, 0.1) is 0 Å². The van der Waals surface area contributed by atoms with Crippen LogP contribution in [-0.2, 0) is 8.92 Å². The Labute approximate surface area is 121 Å². The normalized spacial score (nSPS) is 23.3. The highest BCUT2D eigenvalue weighted by Crippen LogP contribution is 2.42. The number of thiophene rings is 1. The van der Waals surface area contributed by atoms with Crippen molar-refractivity contribution >= 4 is 55.2 Å². The summed E-state index contributed by atoms with van der Waals surface area (Å²) in [6, 6.07) is 2.12. The first-order valence-corrected chi connectivity index (χ1v) is 8.19. The molecule has 2 nitrogen and oxygen atoms in total. The standard InChI is InChI=1S/C10H12Br2O2S2/c1-13-9(7-3-2-4-14-16-7)6-5-8(11)15-10(6)12/h5,7,9H,2-4H2,1H3. The number of hydrogen-bond acceptors (Lipinski definition) is 4. The van der Waals surface area contributed by atoms with E-state index in [-0.39, 0.29) is 6.10 Å². The molecule has 16 heavy (non-hydrogen) atoms. The zero-order valence-corrected chi connectivity index (χ0v) is 13.5. The predicted molar refractivity (Wildman–Crippen MR) is 76.0 cm³/mol. The Hall–Kier alpha value is 0.930. The van der Waals surface area contributed by atoms with Crippen LogP contribution in [0.2, 0.25) is 0 Å². The van der Waals surface area contributed by atoms with Gasteiger partial charge in [0, 0.05) is 12.7 Å². The molecule has 1 aromatic heterocycles. The lowest BCUT2D eigenvalue weighted by Crippen LogP contribution is -2.21. The molecule has 0 amide bonds. The number of halogens is 2. The molecular formula is C10H12Br2O2S2. The molecule has 0 radical (unpaired) electrons. The summed E-state index contributed by atoms with van der Waals surface area (Å²) < 4.78 is 13.3. The van der Waals surface area contributed by atoms with E-state index in [0.29, 0.717) is 5.25 Å². The predicted octanol–water partition coefficient (Wildman–Crippen LogP) is 4.79. The molecule has 6 heteroatoms. The van der Waals surface area contributed by atoms with Gasteiger partial charge in [-0.05, 0) is 62.8 Å². The minimum Gasteiger partial charge on any atom is -0.375 e. The van der Waals surface area contributed by atoms with Crippen LogP contribution in [0.3, 0.4) is 0 Å². The molecular weight excluding hydrogens is 376 g/mol. The third kappa shape index (κ3) is 3.03.